The van der Waals surface area contributed by atoms with E-state index in [1.807, 2.05) is 20.8 Å². The maximum atomic E-state index is 13.4. The lowest BCUT2D eigenvalue weighted by atomic mass is 9.48. The van der Waals surface area contributed by atoms with Crippen molar-refractivity contribution in [1.29, 1.82) is 0 Å². The van der Waals surface area contributed by atoms with Crippen LogP contribution >= 0.6 is 0 Å². The van der Waals surface area contributed by atoms with Crippen LogP contribution in [0.5, 0.6) is 0 Å². The highest BCUT2D eigenvalue weighted by Gasteiger charge is 2.80. The van der Waals surface area contributed by atoms with Crippen molar-refractivity contribution in [2.75, 3.05) is 0 Å². The third-order valence-corrected chi connectivity index (χ3v) is 9.54. The number of rotatable bonds is 7. The molecule has 6 rings (SSSR count). The van der Waals surface area contributed by atoms with Crippen LogP contribution in [0.1, 0.15) is 79.1 Å². The molecule has 3 aromatic heterocycles. The average molecular weight is 611 g/mol. The van der Waals surface area contributed by atoms with Crippen LogP contribution in [-0.4, -0.2) is 59.5 Å². The van der Waals surface area contributed by atoms with Gasteiger partial charge in [-0.1, -0.05) is 6.92 Å². The second-order valence-electron chi connectivity index (χ2n) is 12.4. The fraction of sp³-hybridized carbons (Fsp3) is 0.500. The molecule has 8 atom stereocenters. The Morgan fingerprint density at radius 3 is 1.75 bits per heavy atom. The molecular formula is C32H34O12. The molecule has 3 aromatic rings. The summed E-state index contributed by atoms with van der Waals surface area (Å²) in [6.45, 7) is 8.65. The van der Waals surface area contributed by atoms with Crippen LogP contribution in [0.2, 0.25) is 0 Å². The van der Waals surface area contributed by atoms with Gasteiger partial charge < -0.3 is 36.9 Å². The Morgan fingerprint density at radius 1 is 0.727 bits per heavy atom. The molecule has 12 nitrogen and oxygen atoms in total. The van der Waals surface area contributed by atoms with Crippen molar-refractivity contribution in [2.24, 2.45) is 17.3 Å². The predicted octanol–water partition coefficient (Wildman–Crippen LogP) is 4.99. The zero-order valence-electron chi connectivity index (χ0n) is 25.0. The van der Waals surface area contributed by atoms with Gasteiger partial charge in [-0.3, -0.25) is 4.79 Å². The number of hydrogen-bond donors (Lipinski definition) is 0. The van der Waals surface area contributed by atoms with Crippen molar-refractivity contribution in [3.05, 3.63) is 72.5 Å². The molecule has 4 heterocycles. The van der Waals surface area contributed by atoms with Gasteiger partial charge in [0.2, 0.25) is 17.3 Å². The molecule has 0 unspecified atom stereocenters. The molecule has 3 aliphatic rings. The second kappa shape index (κ2) is 10.7. The Hall–Kier alpha value is -4.32. The molecule has 2 aliphatic carbocycles. The first-order valence-corrected chi connectivity index (χ1v) is 14.5. The minimum Gasteiger partial charge on any atom is -0.458 e. The minimum atomic E-state index is -1.41. The normalized spacial score (nSPS) is 33.6. The summed E-state index contributed by atoms with van der Waals surface area (Å²) in [4.78, 5) is 52.5. The number of carbonyl (C=O) groups is 4. The summed E-state index contributed by atoms with van der Waals surface area (Å²) in [6, 6.07) is 9.14. The molecule has 1 spiro atoms. The van der Waals surface area contributed by atoms with E-state index in [0.717, 1.165) is 0 Å². The van der Waals surface area contributed by atoms with E-state index >= 15 is 0 Å². The smallest absolute Gasteiger partial charge is 0.374 e. The molecular weight excluding hydrogens is 576 g/mol. The van der Waals surface area contributed by atoms with Gasteiger partial charge in [0.25, 0.3) is 0 Å². The van der Waals surface area contributed by atoms with Crippen LogP contribution in [0.25, 0.3) is 0 Å². The van der Waals surface area contributed by atoms with Crippen LogP contribution in [0.3, 0.4) is 0 Å². The van der Waals surface area contributed by atoms with E-state index in [-0.39, 0.29) is 30.1 Å². The topological polar surface area (TPSA) is 154 Å². The lowest BCUT2D eigenvalue weighted by Gasteiger charge is -2.62. The van der Waals surface area contributed by atoms with E-state index in [1.54, 1.807) is 25.1 Å². The summed E-state index contributed by atoms with van der Waals surface area (Å²) >= 11 is 0. The Bertz CT molecular complexity index is 1520. The molecule has 2 saturated carbocycles. The molecule has 0 radical (unpaired) electrons. The van der Waals surface area contributed by atoms with Gasteiger partial charge in [0.15, 0.2) is 6.10 Å². The number of hydrogen-bond acceptors (Lipinski definition) is 12. The third kappa shape index (κ3) is 4.54. The van der Waals surface area contributed by atoms with Crippen molar-refractivity contribution >= 4 is 23.9 Å². The van der Waals surface area contributed by atoms with Crippen LogP contribution in [-0.2, 0) is 28.5 Å². The number of carbonyl (C=O) groups excluding carboxylic acids is 4. The first-order valence-electron chi connectivity index (χ1n) is 14.5. The SMILES string of the molecule is CC(=O)O[C@H]1[C@H](OC(=O)c2ccco2)C[C@@H](C)[C@]23OC(C)(C)[C@H](C[C@H](OC(=O)c4ccco4)[C@]12C)[C@H]3OC(=O)c1ccco1. The Labute approximate surface area is 252 Å². The summed E-state index contributed by atoms with van der Waals surface area (Å²) in [5.41, 5.74) is -3.66. The minimum absolute atomic E-state index is 0.0110. The Balaban J connectivity index is 1.48. The maximum Gasteiger partial charge on any atom is 0.374 e. The molecule has 1 aliphatic heterocycles. The fourth-order valence-corrected chi connectivity index (χ4v) is 7.70. The zero-order chi connectivity index (χ0) is 31.4. The molecule has 0 aromatic carbocycles. The Morgan fingerprint density at radius 2 is 1.25 bits per heavy atom. The van der Waals surface area contributed by atoms with E-state index in [9.17, 15) is 19.2 Å². The van der Waals surface area contributed by atoms with Gasteiger partial charge in [-0.25, -0.2) is 14.4 Å². The quantitative estimate of drug-likeness (QED) is 0.262. The van der Waals surface area contributed by atoms with Crippen molar-refractivity contribution < 1.29 is 56.1 Å². The molecule has 1 saturated heterocycles. The first-order chi connectivity index (χ1) is 20.9. The van der Waals surface area contributed by atoms with E-state index < -0.39 is 76.7 Å². The van der Waals surface area contributed by atoms with Crippen LogP contribution in [0.15, 0.2) is 68.4 Å². The summed E-state index contributed by atoms with van der Waals surface area (Å²) in [5.74, 6) is -3.80. The fourth-order valence-electron chi connectivity index (χ4n) is 7.70. The molecule has 12 heteroatoms. The predicted molar refractivity (Wildman–Crippen MR) is 147 cm³/mol. The van der Waals surface area contributed by atoms with Gasteiger partial charge in [0.05, 0.1) is 29.8 Å². The average Bonchev–Trinajstić information content (AvgIpc) is 3.77. The van der Waals surface area contributed by atoms with Gasteiger partial charge in [-0.05, 0) is 75.9 Å². The number of furan rings is 3. The number of fused-ring (bicyclic) bond motifs is 1. The van der Waals surface area contributed by atoms with E-state index in [4.69, 9.17) is 36.9 Å². The third-order valence-electron chi connectivity index (χ3n) is 9.54. The molecule has 0 N–H and O–H groups in total. The first kappa shape index (κ1) is 29.7. The largest absolute Gasteiger partial charge is 0.458 e. The van der Waals surface area contributed by atoms with Gasteiger partial charge in [0.1, 0.15) is 23.9 Å². The summed E-state index contributed by atoms with van der Waals surface area (Å²) in [6.07, 6.45) is 0.370. The molecule has 44 heavy (non-hydrogen) atoms. The summed E-state index contributed by atoms with van der Waals surface area (Å²) < 4.78 is 47.2. The second-order valence-corrected chi connectivity index (χ2v) is 12.4. The standard InChI is InChI=1S/C32H34O12/c1-17-15-23(41-27(34)20-9-6-12-37-20)26(40-18(2)33)31(5)24(42-28(35)21-10-7-13-38-21)16-19-25(32(17,31)44-30(19,3)4)43-29(36)22-11-8-14-39-22/h6-14,17,19,23-26H,15-16H2,1-5H3/t17-,19-,23-,24+,25-,26+,31-,32-/m1/s1. The molecule has 0 amide bonds. The highest BCUT2D eigenvalue weighted by Crippen LogP contribution is 2.68. The lowest BCUT2D eigenvalue weighted by Crippen LogP contribution is -2.76. The summed E-state index contributed by atoms with van der Waals surface area (Å²) in [7, 11) is 0. The molecule has 2 bridgehead atoms. The monoisotopic (exact) mass is 610 g/mol. The molecule has 234 valence electrons. The van der Waals surface area contributed by atoms with E-state index in [2.05, 4.69) is 0 Å². The van der Waals surface area contributed by atoms with E-state index in [0.29, 0.717) is 0 Å². The highest BCUT2D eigenvalue weighted by molar-refractivity contribution is 5.87. The molecule has 3 fully saturated rings. The van der Waals surface area contributed by atoms with Gasteiger partial charge in [-0.2, -0.15) is 0 Å². The van der Waals surface area contributed by atoms with Gasteiger partial charge in [0, 0.05) is 12.8 Å². The number of ether oxygens (including phenoxy) is 5. The highest BCUT2D eigenvalue weighted by atomic mass is 16.6. The van der Waals surface area contributed by atoms with Crippen molar-refractivity contribution in [1.82, 2.24) is 0 Å². The van der Waals surface area contributed by atoms with E-state index in [1.165, 1.54) is 43.9 Å². The van der Waals surface area contributed by atoms with Crippen LogP contribution in [0, 0.1) is 17.3 Å². The van der Waals surface area contributed by atoms with Crippen molar-refractivity contribution in [3.63, 3.8) is 0 Å². The zero-order valence-corrected chi connectivity index (χ0v) is 25.0. The Kier molecular flexibility index (Phi) is 7.22. The van der Waals surface area contributed by atoms with Gasteiger partial charge >= 0.3 is 23.9 Å². The number of esters is 4. The summed E-state index contributed by atoms with van der Waals surface area (Å²) in [5, 5.41) is 0. The van der Waals surface area contributed by atoms with Crippen LogP contribution in [0.4, 0.5) is 0 Å². The maximum absolute atomic E-state index is 13.4. The van der Waals surface area contributed by atoms with Gasteiger partial charge in [-0.15, -0.1) is 0 Å². The van der Waals surface area contributed by atoms with Crippen molar-refractivity contribution in [3.8, 4) is 0 Å². The lowest BCUT2D eigenvalue weighted by molar-refractivity contribution is -0.300. The van der Waals surface area contributed by atoms with Crippen molar-refractivity contribution in [2.45, 2.75) is 83.1 Å². The van der Waals surface area contributed by atoms with Crippen LogP contribution < -0.4 is 0 Å².